The maximum atomic E-state index is 15.1. The first kappa shape index (κ1) is 19.6. The van der Waals surface area contributed by atoms with Crippen molar-refractivity contribution in [3.8, 4) is 0 Å². The van der Waals surface area contributed by atoms with Gasteiger partial charge in [0.2, 0.25) is 5.43 Å². The number of rotatable bonds is 2. The van der Waals surface area contributed by atoms with Gasteiger partial charge in [0.15, 0.2) is 0 Å². The third-order valence-corrected chi connectivity index (χ3v) is 5.82. The molecular formula is C19H23ClFN3O3. The standard InChI is InChI=1S/C19H22FN3O3.ClH/c1-10-6-12-16-13(18(24)14(19(25)26)9-23(10)16)7-15(20)17(12)22-5-4-21(3)11(2)8-22;/h7,9-11H,4-6,8H2,1-3H3,(H,25,26);1H. The lowest BCUT2D eigenvalue weighted by Crippen LogP contribution is -2.50. The van der Waals surface area contributed by atoms with Gasteiger partial charge < -0.3 is 19.5 Å². The molecule has 6 nitrogen and oxygen atoms in total. The molecular weight excluding hydrogens is 373 g/mol. The van der Waals surface area contributed by atoms with E-state index in [4.69, 9.17) is 0 Å². The number of carboxylic acid groups (broad SMARTS) is 1. The number of pyridine rings is 1. The van der Waals surface area contributed by atoms with Crippen LogP contribution in [0.25, 0.3) is 10.9 Å². The molecule has 2 atom stereocenters. The predicted octanol–water partition coefficient (Wildman–Crippen LogP) is 2.52. The Labute approximate surface area is 162 Å². The second-order valence-electron chi connectivity index (χ2n) is 7.49. The molecule has 1 aromatic heterocycles. The molecule has 1 N–H and O–H groups in total. The number of piperazine rings is 1. The highest BCUT2D eigenvalue weighted by molar-refractivity contribution is 5.96. The molecule has 8 heteroatoms. The second kappa shape index (κ2) is 6.80. The van der Waals surface area contributed by atoms with Crippen molar-refractivity contribution in [3.63, 3.8) is 0 Å². The lowest BCUT2D eigenvalue weighted by Gasteiger charge is -2.39. The van der Waals surface area contributed by atoms with Crippen molar-refractivity contribution in [3.05, 3.63) is 39.4 Å². The van der Waals surface area contributed by atoms with Crippen molar-refractivity contribution in [1.82, 2.24) is 9.47 Å². The highest BCUT2D eigenvalue weighted by Gasteiger charge is 2.32. The molecule has 3 heterocycles. The summed E-state index contributed by atoms with van der Waals surface area (Å²) in [6.07, 6.45) is 2.00. The van der Waals surface area contributed by atoms with Gasteiger partial charge in [0.25, 0.3) is 0 Å². The average molecular weight is 396 g/mol. The van der Waals surface area contributed by atoms with Gasteiger partial charge in [-0.25, -0.2) is 9.18 Å². The van der Waals surface area contributed by atoms with Crippen molar-refractivity contribution in [1.29, 1.82) is 0 Å². The van der Waals surface area contributed by atoms with Crippen LogP contribution in [-0.2, 0) is 6.42 Å². The Morgan fingerprint density at radius 2 is 1.96 bits per heavy atom. The second-order valence-corrected chi connectivity index (χ2v) is 7.49. The van der Waals surface area contributed by atoms with Gasteiger partial charge in [-0.05, 0) is 33.4 Å². The number of benzene rings is 1. The van der Waals surface area contributed by atoms with Crippen LogP contribution in [0, 0.1) is 5.82 Å². The van der Waals surface area contributed by atoms with Crippen LogP contribution in [-0.4, -0.2) is 53.3 Å². The fourth-order valence-corrected chi connectivity index (χ4v) is 4.24. The van der Waals surface area contributed by atoms with Crippen LogP contribution in [0.2, 0.25) is 0 Å². The first-order valence-electron chi connectivity index (χ1n) is 8.88. The predicted molar refractivity (Wildman–Crippen MR) is 105 cm³/mol. The summed E-state index contributed by atoms with van der Waals surface area (Å²) in [5.41, 5.74) is 1.14. The number of anilines is 1. The van der Waals surface area contributed by atoms with E-state index in [2.05, 4.69) is 23.8 Å². The Morgan fingerprint density at radius 3 is 2.59 bits per heavy atom. The first-order chi connectivity index (χ1) is 12.3. The lowest BCUT2D eigenvalue weighted by molar-refractivity contribution is 0.0694. The Balaban J connectivity index is 0.00000210. The van der Waals surface area contributed by atoms with Crippen molar-refractivity contribution < 1.29 is 14.3 Å². The van der Waals surface area contributed by atoms with Gasteiger partial charge in [0.1, 0.15) is 11.4 Å². The van der Waals surface area contributed by atoms with Crippen LogP contribution in [0.3, 0.4) is 0 Å². The summed E-state index contributed by atoms with van der Waals surface area (Å²) in [5.74, 6) is -1.72. The molecule has 1 saturated heterocycles. The minimum atomic E-state index is -1.28. The van der Waals surface area contributed by atoms with E-state index in [0.717, 1.165) is 25.2 Å². The van der Waals surface area contributed by atoms with Crippen molar-refractivity contribution in [2.45, 2.75) is 32.4 Å². The molecule has 1 aromatic carbocycles. The van der Waals surface area contributed by atoms with E-state index >= 15 is 4.39 Å². The first-order valence-corrected chi connectivity index (χ1v) is 8.88. The number of hydrogen-bond acceptors (Lipinski definition) is 4. The highest BCUT2D eigenvalue weighted by atomic mass is 35.5. The molecule has 2 unspecified atom stereocenters. The SMILES string of the molecule is CC1CN(c2c(F)cc3c(=O)c(C(=O)O)cn4c3c2CC4C)CCN1C.Cl. The van der Waals surface area contributed by atoms with Gasteiger partial charge in [-0.1, -0.05) is 0 Å². The van der Waals surface area contributed by atoms with Crippen LogP contribution < -0.4 is 10.3 Å². The van der Waals surface area contributed by atoms with Crippen LogP contribution in [0.4, 0.5) is 10.1 Å². The molecule has 0 saturated carbocycles. The van der Waals surface area contributed by atoms with Crippen molar-refractivity contribution in [2.24, 2.45) is 0 Å². The molecule has 0 amide bonds. The van der Waals surface area contributed by atoms with E-state index in [1.165, 1.54) is 12.3 Å². The fraction of sp³-hybridized carbons (Fsp3) is 0.474. The minimum absolute atomic E-state index is 0. The molecule has 2 aliphatic rings. The molecule has 146 valence electrons. The van der Waals surface area contributed by atoms with E-state index in [9.17, 15) is 14.7 Å². The summed E-state index contributed by atoms with van der Waals surface area (Å²) in [4.78, 5) is 28.3. The zero-order chi connectivity index (χ0) is 18.7. The number of hydrogen-bond donors (Lipinski definition) is 1. The van der Waals surface area contributed by atoms with Crippen LogP contribution in [0.1, 0.15) is 35.8 Å². The molecule has 2 aliphatic heterocycles. The third kappa shape index (κ3) is 2.89. The zero-order valence-corrected chi connectivity index (χ0v) is 16.3. The smallest absolute Gasteiger partial charge is 0.341 e. The Hall–Kier alpha value is -2.12. The Bertz CT molecular complexity index is 991. The van der Waals surface area contributed by atoms with Gasteiger partial charge in [-0.3, -0.25) is 4.79 Å². The summed E-state index contributed by atoms with van der Waals surface area (Å²) in [5, 5.41) is 9.47. The average Bonchev–Trinajstić information content (AvgIpc) is 2.90. The third-order valence-electron chi connectivity index (χ3n) is 5.82. The summed E-state index contributed by atoms with van der Waals surface area (Å²) in [6, 6.07) is 1.51. The summed E-state index contributed by atoms with van der Waals surface area (Å²) in [7, 11) is 2.06. The number of carboxylic acids is 1. The van der Waals surface area contributed by atoms with Gasteiger partial charge in [0, 0.05) is 48.9 Å². The molecule has 0 radical (unpaired) electrons. The minimum Gasteiger partial charge on any atom is -0.477 e. The van der Waals surface area contributed by atoms with Gasteiger partial charge >= 0.3 is 5.97 Å². The monoisotopic (exact) mass is 395 g/mol. The number of halogens is 2. The molecule has 27 heavy (non-hydrogen) atoms. The van der Waals surface area contributed by atoms with E-state index in [0.29, 0.717) is 23.7 Å². The number of aromatic nitrogens is 1. The number of aromatic carboxylic acids is 1. The molecule has 0 spiro atoms. The summed E-state index contributed by atoms with van der Waals surface area (Å²) >= 11 is 0. The Morgan fingerprint density at radius 1 is 1.26 bits per heavy atom. The highest BCUT2D eigenvalue weighted by Crippen LogP contribution is 2.40. The maximum Gasteiger partial charge on any atom is 0.341 e. The van der Waals surface area contributed by atoms with Gasteiger partial charge in [-0.2, -0.15) is 0 Å². The normalized spacial score (nSPS) is 22.1. The van der Waals surface area contributed by atoms with Gasteiger partial charge in [-0.15, -0.1) is 12.4 Å². The summed E-state index contributed by atoms with van der Waals surface area (Å²) in [6.45, 7) is 6.37. The molecule has 0 aliphatic carbocycles. The van der Waals surface area contributed by atoms with Crippen LogP contribution in [0.5, 0.6) is 0 Å². The maximum absolute atomic E-state index is 15.1. The van der Waals surface area contributed by atoms with Crippen LogP contribution in [0.15, 0.2) is 17.1 Å². The van der Waals surface area contributed by atoms with Crippen LogP contribution >= 0.6 is 12.4 Å². The molecule has 2 aromatic rings. The molecule has 0 bridgehead atoms. The fourth-order valence-electron chi connectivity index (χ4n) is 4.24. The van der Waals surface area contributed by atoms with E-state index in [1.807, 2.05) is 11.5 Å². The van der Waals surface area contributed by atoms with Crippen molar-refractivity contribution >= 4 is 35.0 Å². The number of carbonyl (C=O) groups is 1. The number of likely N-dealkylation sites (N-methyl/N-ethyl adjacent to an activating group) is 1. The van der Waals surface area contributed by atoms with E-state index in [1.54, 1.807) is 0 Å². The molecule has 1 fully saturated rings. The lowest BCUT2D eigenvalue weighted by atomic mass is 10.0. The topological polar surface area (TPSA) is 65.8 Å². The van der Waals surface area contributed by atoms with Crippen molar-refractivity contribution in [2.75, 3.05) is 31.6 Å². The zero-order valence-electron chi connectivity index (χ0n) is 15.5. The Kier molecular flexibility index (Phi) is 4.94. The largest absolute Gasteiger partial charge is 0.477 e. The van der Waals surface area contributed by atoms with E-state index < -0.39 is 17.2 Å². The summed E-state index contributed by atoms with van der Waals surface area (Å²) < 4.78 is 16.9. The molecule has 4 rings (SSSR count). The van der Waals surface area contributed by atoms with E-state index in [-0.39, 0.29) is 29.4 Å². The quantitative estimate of drug-likeness (QED) is 0.846. The van der Waals surface area contributed by atoms with Gasteiger partial charge in [0.05, 0.1) is 11.2 Å². The number of nitrogens with zero attached hydrogens (tertiary/aromatic N) is 3.